The summed E-state index contributed by atoms with van der Waals surface area (Å²) in [6.07, 6.45) is 0.626. The van der Waals surface area contributed by atoms with Crippen molar-refractivity contribution in [3.05, 3.63) is 67.6 Å². The van der Waals surface area contributed by atoms with E-state index in [0.717, 1.165) is 4.47 Å². The fourth-order valence-corrected chi connectivity index (χ4v) is 3.28. The number of ether oxygens (including phenoxy) is 2. The van der Waals surface area contributed by atoms with Gasteiger partial charge in [-0.25, -0.2) is 9.78 Å². The molecule has 2 aromatic carbocycles. The first kappa shape index (κ1) is 22.0. The smallest absolute Gasteiger partial charge is 0.347 e. The zero-order valence-corrected chi connectivity index (χ0v) is 18.9. The summed E-state index contributed by atoms with van der Waals surface area (Å²) in [7, 11) is 0. The van der Waals surface area contributed by atoms with E-state index in [0.29, 0.717) is 33.1 Å². The standard InChI is InChI=1S/C21H19BrClN3O4/c1-4-29-21(28)12(2)30-19-8-6-16(23)9-14(19)11-24-26-13(3)25-18-7-5-15(22)10-17(18)20(26)27/h5-12H,4H2,1-3H3/t12-/m1/s1. The topological polar surface area (TPSA) is 82.8 Å². The zero-order chi connectivity index (χ0) is 21.8. The van der Waals surface area contributed by atoms with Crippen molar-refractivity contribution in [2.45, 2.75) is 26.9 Å². The number of halogens is 2. The highest BCUT2D eigenvalue weighted by molar-refractivity contribution is 9.10. The summed E-state index contributed by atoms with van der Waals surface area (Å²) in [6.45, 7) is 5.27. The van der Waals surface area contributed by atoms with Gasteiger partial charge in [0.25, 0.3) is 5.56 Å². The van der Waals surface area contributed by atoms with Crippen LogP contribution >= 0.6 is 27.5 Å². The third kappa shape index (κ3) is 4.88. The second-order valence-electron chi connectivity index (χ2n) is 6.38. The lowest BCUT2D eigenvalue weighted by Gasteiger charge is -2.15. The summed E-state index contributed by atoms with van der Waals surface area (Å²) in [5.41, 5.74) is 0.779. The number of benzene rings is 2. The van der Waals surface area contributed by atoms with Crippen LogP contribution in [0.15, 0.2) is 50.8 Å². The highest BCUT2D eigenvalue weighted by atomic mass is 79.9. The Morgan fingerprint density at radius 1 is 1.33 bits per heavy atom. The lowest BCUT2D eigenvalue weighted by Crippen LogP contribution is -2.26. The molecule has 0 bridgehead atoms. The number of carbonyl (C=O) groups is 1. The Bertz CT molecular complexity index is 1190. The molecule has 30 heavy (non-hydrogen) atoms. The molecule has 9 heteroatoms. The van der Waals surface area contributed by atoms with E-state index in [1.807, 2.05) is 6.07 Å². The summed E-state index contributed by atoms with van der Waals surface area (Å²) in [4.78, 5) is 29.2. The number of aromatic nitrogens is 2. The van der Waals surface area contributed by atoms with Crippen molar-refractivity contribution >= 4 is 50.6 Å². The first-order valence-corrected chi connectivity index (χ1v) is 10.3. The van der Waals surface area contributed by atoms with Gasteiger partial charge in [0.2, 0.25) is 0 Å². The number of fused-ring (bicyclic) bond motifs is 1. The van der Waals surface area contributed by atoms with Crippen molar-refractivity contribution < 1.29 is 14.3 Å². The van der Waals surface area contributed by atoms with E-state index >= 15 is 0 Å². The van der Waals surface area contributed by atoms with E-state index in [-0.39, 0.29) is 12.2 Å². The van der Waals surface area contributed by atoms with Gasteiger partial charge in [0, 0.05) is 15.1 Å². The molecule has 0 aliphatic rings. The number of carbonyl (C=O) groups excluding carboxylic acids is 1. The van der Waals surface area contributed by atoms with Crippen LogP contribution in [-0.2, 0) is 9.53 Å². The highest BCUT2D eigenvalue weighted by Crippen LogP contribution is 2.23. The van der Waals surface area contributed by atoms with E-state index < -0.39 is 12.1 Å². The Balaban J connectivity index is 1.99. The van der Waals surface area contributed by atoms with Crippen LogP contribution in [-0.4, -0.2) is 34.6 Å². The molecule has 0 amide bonds. The SMILES string of the molecule is CCOC(=O)[C@@H](C)Oc1ccc(Cl)cc1C=Nn1c(C)nc2ccc(Br)cc2c1=O. The van der Waals surface area contributed by atoms with Crippen molar-refractivity contribution in [1.82, 2.24) is 9.66 Å². The van der Waals surface area contributed by atoms with E-state index in [9.17, 15) is 9.59 Å². The Hall–Kier alpha value is -2.71. The molecule has 0 radical (unpaired) electrons. The van der Waals surface area contributed by atoms with Gasteiger partial charge in [0.15, 0.2) is 6.10 Å². The zero-order valence-electron chi connectivity index (χ0n) is 16.6. The number of esters is 1. The van der Waals surface area contributed by atoms with Crippen LogP contribution < -0.4 is 10.3 Å². The van der Waals surface area contributed by atoms with Gasteiger partial charge >= 0.3 is 5.97 Å². The first-order chi connectivity index (χ1) is 14.3. The number of nitrogens with zero attached hydrogens (tertiary/aromatic N) is 3. The van der Waals surface area contributed by atoms with Gasteiger partial charge in [0.1, 0.15) is 11.6 Å². The highest BCUT2D eigenvalue weighted by Gasteiger charge is 2.17. The molecule has 0 aliphatic heterocycles. The molecule has 156 valence electrons. The lowest BCUT2D eigenvalue weighted by atomic mass is 10.2. The third-order valence-electron chi connectivity index (χ3n) is 4.18. The molecule has 1 atom stereocenters. The third-order valence-corrected chi connectivity index (χ3v) is 4.90. The van der Waals surface area contributed by atoms with E-state index in [1.54, 1.807) is 51.1 Å². The molecule has 7 nitrogen and oxygen atoms in total. The molecular weight excluding hydrogens is 474 g/mol. The maximum absolute atomic E-state index is 12.9. The van der Waals surface area contributed by atoms with E-state index in [1.165, 1.54) is 10.9 Å². The Kier molecular flexibility index (Phi) is 6.89. The predicted octanol–water partition coefficient (Wildman–Crippen LogP) is 4.33. The van der Waals surface area contributed by atoms with Crippen molar-refractivity contribution in [2.24, 2.45) is 5.10 Å². The average Bonchev–Trinajstić information content (AvgIpc) is 2.70. The lowest BCUT2D eigenvalue weighted by molar-refractivity contribution is -0.150. The second kappa shape index (κ2) is 9.40. The van der Waals surface area contributed by atoms with Gasteiger partial charge in [-0.15, -0.1) is 0 Å². The molecule has 0 saturated carbocycles. The van der Waals surface area contributed by atoms with Crippen molar-refractivity contribution in [2.75, 3.05) is 6.61 Å². The van der Waals surface area contributed by atoms with Crippen LogP contribution in [0.1, 0.15) is 25.2 Å². The molecule has 0 N–H and O–H groups in total. The summed E-state index contributed by atoms with van der Waals surface area (Å²) in [5.74, 6) is 0.327. The molecule has 1 aromatic heterocycles. The summed E-state index contributed by atoms with van der Waals surface area (Å²) in [5, 5.41) is 5.18. The van der Waals surface area contributed by atoms with Gasteiger partial charge < -0.3 is 9.47 Å². The predicted molar refractivity (Wildman–Crippen MR) is 120 cm³/mol. The Labute approximate surface area is 186 Å². The molecule has 0 aliphatic carbocycles. The monoisotopic (exact) mass is 491 g/mol. The minimum Gasteiger partial charge on any atom is -0.478 e. The van der Waals surface area contributed by atoms with Gasteiger partial charge in [0.05, 0.1) is 23.7 Å². The fourth-order valence-electron chi connectivity index (χ4n) is 2.74. The molecule has 3 aromatic rings. The minimum absolute atomic E-state index is 0.259. The maximum Gasteiger partial charge on any atom is 0.347 e. The van der Waals surface area contributed by atoms with Crippen LogP contribution in [0.5, 0.6) is 5.75 Å². The number of hydrogen-bond donors (Lipinski definition) is 0. The molecular formula is C21H19BrClN3O4. The molecule has 0 unspecified atom stereocenters. The quantitative estimate of drug-likeness (QED) is 0.378. The van der Waals surface area contributed by atoms with Gasteiger partial charge in [-0.3, -0.25) is 4.79 Å². The van der Waals surface area contributed by atoms with Crippen molar-refractivity contribution in [3.63, 3.8) is 0 Å². The normalized spacial score (nSPS) is 12.3. The number of hydrogen-bond acceptors (Lipinski definition) is 6. The fraction of sp³-hybridized carbons (Fsp3) is 0.238. The van der Waals surface area contributed by atoms with Gasteiger partial charge in [-0.05, 0) is 57.2 Å². The van der Waals surface area contributed by atoms with Crippen LogP contribution in [0.2, 0.25) is 5.02 Å². The molecule has 0 spiro atoms. The van der Waals surface area contributed by atoms with Crippen molar-refractivity contribution in [1.29, 1.82) is 0 Å². The Morgan fingerprint density at radius 3 is 2.83 bits per heavy atom. The number of rotatable bonds is 6. The van der Waals surface area contributed by atoms with Crippen LogP contribution in [0.3, 0.4) is 0 Å². The summed E-state index contributed by atoms with van der Waals surface area (Å²) in [6, 6.07) is 10.2. The molecule has 0 saturated heterocycles. The van der Waals surface area contributed by atoms with Gasteiger partial charge in [-0.2, -0.15) is 9.78 Å². The second-order valence-corrected chi connectivity index (χ2v) is 7.73. The minimum atomic E-state index is -0.817. The number of aryl methyl sites for hydroxylation is 1. The van der Waals surface area contributed by atoms with Crippen LogP contribution in [0, 0.1) is 6.92 Å². The first-order valence-electron chi connectivity index (χ1n) is 9.16. The summed E-state index contributed by atoms with van der Waals surface area (Å²) < 4.78 is 12.7. The van der Waals surface area contributed by atoms with Crippen molar-refractivity contribution in [3.8, 4) is 5.75 Å². The van der Waals surface area contributed by atoms with Crippen LogP contribution in [0.25, 0.3) is 10.9 Å². The van der Waals surface area contributed by atoms with E-state index in [2.05, 4.69) is 26.0 Å². The van der Waals surface area contributed by atoms with Gasteiger partial charge in [-0.1, -0.05) is 27.5 Å². The molecule has 3 rings (SSSR count). The Morgan fingerprint density at radius 2 is 2.10 bits per heavy atom. The summed E-state index contributed by atoms with van der Waals surface area (Å²) >= 11 is 9.48. The van der Waals surface area contributed by atoms with E-state index in [4.69, 9.17) is 21.1 Å². The maximum atomic E-state index is 12.9. The molecule has 1 heterocycles. The largest absolute Gasteiger partial charge is 0.478 e. The molecule has 0 fully saturated rings. The van der Waals surface area contributed by atoms with Crippen LogP contribution in [0.4, 0.5) is 0 Å². The average molecular weight is 493 g/mol.